The molecule has 0 bridgehead atoms. The lowest BCUT2D eigenvalue weighted by atomic mass is 10.00. The molecule has 0 fully saturated rings. The maximum absolute atomic E-state index is 12.3. The van der Waals surface area contributed by atoms with Crippen molar-refractivity contribution < 1.29 is 4.74 Å². The van der Waals surface area contributed by atoms with Crippen LogP contribution < -0.4 is 10.4 Å². The average Bonchev–Trinajstić information content (AvgIpc) is 2.89. The highest BCUT2D eigenvalue weighted by molar-refractivity contribution is 6.30. The van der Waals surface area contributed by atoms with Gasteiger partial charge in [-0.3, -0.25) is 4.98 Å². The molecule has 0 unspecified atom stereocenters. The molecule has 0 saturated carbocycles. The minimum Gasteiger partial charge on any atom is -0.465 e. The highest BCUT2D eigenvalue weighted by Gasteiger charge is 2.20. The number of benzene rings is 1. The van der Waals surface area contributed by atoms with Crippen molar-refractivity contribution in [2.24, 2.45) is 0 Å². The Kier molecular flexibility index (Phi) is 4.09. The van der Waals surface area contributed by atoms with E-state index < -0.39 is 0 Å². The van der Waals surface area contributed by atoms with Crippen molar-refractivity contribution in [1.29, 1.82) is 0 Å². The molecule has 0 saturated heterocycles. The molecule has 1 aromatic carbocycles. The van der Waals surface area contributed by atoms with Gasteiger partial charge in [0.25, 0.3) is 6.01 Å². The van der Waals surface area contributed by atoms with Gasteiger partial charge in [0.15, 0.2) is 5.65 Å². The van der Waals surface area contributed by atoms with Crippen molar-refractivity contribution in [2.75, 3.05) is 6.61 Å². The van der Waals surface area contributed by atoms with Crippen LogP contribution in [0.25, 0.3) is 16.8 Å². The number of rotatable bonds is 4. The smallest absolute Gasteiger partial charge is 0.352 e. The highest BCUT2D eigenvalue weighted by atomic mass is 35.5. The summed E-state index contributed by atoms with van der Waals surface area (Å²) in [5.41, 5.74) is 2.64. The van der Waals surface area contributed by atoms with E-state index in [0.29, 0.717) is 17.3 Å². The fourth-order valence-corrected chi connectivity index (χ4v) is 2.57. The summed E-state index contributed by atoms with van der Waals surface area (Å²) in [4.78, 5) is 19.3. The second-order valence-electron chi connectivity index (χ2n) is 5.44. The molecule has 0 aliphatic carbocycles. The van der Waals surface area contributed by atoms with Gasteiger partial charge in [-0.15, -0.1) is 0 Å². The van der Waals surface area contributed by atoms with Crippen molar-refractivity contribution in [2.45, 2.75) is 26.7 Å². The lowest BCUT2D eigenvalue weighted by Crippen LogP contribution is -2.20. The number of hydrogen-bond donors (Lipinski definition) is 1. The number of nitrogens with one attached hydrogen (secondary N) is 1. The Balaban J connectivity index is 2.34. The standard InChI is InChI=1S/C16H17ClN4O2/c1-4-23-15-18-14-12(10-5-7-11(17)8-6-10)13(9(2)3)20-21(14)16(22)19-15/h5-9H,4H2,1-3H3,(H,18,19,22). The van der Waals surface area contributed by atoms with Crippen molar-refractivity contribution in [3.05, 3.63) is 45.5 Å². The van der Waals surface area contributed by atoms with Gasteiger partial charge < -0.3 is 4.74 Å². The first-order valence-corrected chi connectivity index (χ1v) is 7.80. The Labute approximate surface area is 138 Å². The van der Waals surface area contributed by atoms with Gasteiger partial charge in [0.2, 0.25) is 0 Å². The largest absolute Gasteiger partial charge is 0.465 e. The molecule has 0 aliphatic rings. The number of aromatic amines is 1. The van der Waals surface area contributed by atoms with Gasteiger partial charge in [-0.25, -0.2) is 4.79 Å². The third-order valence-corrected chi connectivity index (χ3v) is 3.71. The van der Waals surface area contributed by atoms with E-state index in [-0.39, 0.29) is 17.6 Å². The third-order valence-electron chi connectivity index (χ3n) is 3.46. The van der Waals surface area contributed by atoms with Gasteiger partial charge in [0.1, 0.15) is 0 Å². The maximum atomic E-state index is 12.3. The van der Waals surface area contributed by atoms with Crippen LogP contribution in [0.5, 0.6) is 6.01 Å². The minimum absolute atomic E-state index is 0.136. The molecule has 0 spiro atoms. The Bertz CT molecular complexity index is 897. The first-order valence-electron chi connectivity index (χ1n) is 7.43. The summed E-state index contributed by atoms with van der Waals surface area (Å²) < 4.78 is 6.63. The van der Waals surface area contributed by atoms with Crippen molar-refractivity contribution in [1.82, 2.24) is 19.6 Å². The lowest BCUT2D eigenvalue weighted by molar-refractivity contribution is 0.310. The van der Waals surface area contributed by atoms with Crippen LogP contribution in [0.15, 0.2) is 29.1 Å². The molecule has 6 nitrogen and oxygen atoms in total. The predicted octanol–water partition coefficient (Wildman–Crippen LogP) is 3.26. The second kappa shape index (κ2) is 6.04. The molecule has 0 atom stereocenters. The number of ether oxygens (including phenoxy) is 1. The summed E-state index contributed by atoms with van der Waals surface area (Å²) in [6.07, 6.45) is 0. The summed E-state index contributed by atoms with van der Waals surface area (Å²) in [5, 5.41) is 5.08. The SMILES string of the molecule is CCOc1nc2c(-c3ccc(Cl)cc3)c(C(C)C)nn2c(=O)[nH]1. The second-order valence-corrected chi connectivity index (χ2v) is 5.87. The molecule has 0 amide bonds. The Morgan fingerprint density at radius 1 is 1.30 bits per heavy atom. The van der Waals surface area contributed by atoms with E-state index in [1.54, 1.807) is 12.1 Å². The van der Waals surface area contributed by atoms with Gasteiger partial charge in [-0.05, 0) is 30.5 Å². The topological polar surface area (TPSA) is 72.3 Å². The highest BCUT2D eigenvalue weighted by Crippen LogP contribution is 2.32. The Hall–Kier alpha value is -2.34. The van der Waals surface area contributed by atoms with Crippen LogP contribution in [-0.2, 0) is 0 Å². The number of nitrogens with zero attached hydrogens (tertiary/aromatic N) is 3. The summed E-state index contributed by atoms with van der Waals surface area (Å²) >= 11 is 5.97. The van der Waals surface area contributed by atoms with Crippen LogP contribution in [-0.4, -0.2) is 26.2 Å². The van der Waals surface area contributed by atoms with Crippen LogP contribution in [0, 0.1) is 0 Å². The number of halogens is 1. The normalized spacial score (nSPS) is 11.3. The van der Waals surface area contributed by atoms with Crippen LogP contribution in [0.3, 0.4) is 0 Å². The zero-order valence-corrected chi connectivity index (χ0v) is 13.9. The fourth-order valence-electron chi connectivity index (χ4n) is 2.44. The molecule has 2 aromatic heterocycles. The van der Waals surface area contributed by atoms with Gasteiger partial charge in [0.05, 0.1) is 17.9 Å². The van der Waals surface area contributed by atoms with Crippen LogP contribution in [0.4, 0.5) is 0 Å². The molecule has 3 aromatic rings. The maximum Gasteiger partial charge on any atom is 0.352 e. The lowest BCUT2D eigenvalue weighted by Gasteiger charge is -2.06. The number of aromatic nitrogens is 4. The van der Waals surface area contributed by atoms with Gasteiger partial charge >= 0.3 is 5.69 Å². The van der Waals surface area contributed by atoms with Gasteiger partial charge in [-0.2, -0.15) is 14.6 Å². The Morgan fingerprint density at radius 2 is 2.00 bits per heavy atom. The quantitative estimate of drug-likeness (QED) is 0.796. The molecule has 0 radical (unpaired) electrons. The molecule has 0 aliphatic heterocycles. The molecule has 2 heterocycles. The number of fused-ring (bicyclic) bond motifs is 1. The first kappa shape index (κ1) is 15.6. The fraction of sp³-hybridized carbons (Fsp3) is 0.312. The molecular formula is C16H17ClN4O2. The summed E-state index contributed by atoms with van der Waals surface area (Å²) in [6, 6.07) is 7.60. The number of hydrogen-bond acceptors (Lipinski definition) is 4. The monoisotopic (exact) mass is 332 g/mol. The summed E-state index contributed by atoms with van der Waals surface area (Å²) in [6.45, 7) is 6.30. The third kappa shape index (κ3) is 2.82. The predicted molar refractivity (Wildman–Crippen MR) is 89.3 cm³/mol. The van der Waals surface area contributed by atoms with Gasteiger partial charge in [-0.1, -0.05) is 37.6 Å². The van der Waals surface area contributed by atoms with E-state index in [4.69, 9.17) is 16.3 Å². The van der Waals surface area contributed by atoms with E-state index in [9.17, 15) is 4.79 Å². The van der Waals surface area contributed by atoms with Crippen LogP contribution in [0.1, 0.15) is 32.4 Å². The summed E-state index contributed by atoms with van der Waals surface area (Å²) in [7, 11) is 0. The molecule has 120 valence electrons. The van der Waals surface area contributed by atoms with E-state index in [0.717, 1.165) is 16.8 Å². The van der Waals surface area contributed by atoms with Crippen LogP contribution in [0.2, 0.25) is 5.02 Å². The average molecular weight is 333 g/mol. The zero-order valence-electron chi connectivity index (χ0n) is 13.1. The molecular weight excluding hydrogens is 316 g/mol. The summed E-state index contributed by atoms with van der Waals surface area (Å²) in [5.74, 6) is 0.136. The van der Waals surface area contributed by atoms with E-state index in [1.165, 1.54) is 4.52 Å². The minimum atomic E-state index is -0.374. The molecule has 23 heavy (non-hydrogen) atoms. The molecule has 3 rings (SSSR count). The van der Waals surface area contributed by atoms with Crippen molar-refractivity contribution >= 4 is 17.2 Å². The first-order chi connectivity index (χ1) is 11.0. The van der Waals surface area contributed by atoms with Gasteiger partial charge in [0, 0.05) is 5.02 Å². The van der Waals surface area contributed by atoms with E-state index in [2.05, 4.69) is 15.1 Å². The number of H-pyrrole nitrogens is 1. The zero-order chi connectivity index (χ0) is 16.6. The molecule has 1 N–H and O–H groups in total. The molecule has 7 heteroatoms. The van der Waals surface area contributed by atoms with Crippen LogP contribution >= 0.6 is 11.6 Å². The van der Waals surface area contributed by atoms with Crippen molar-refractivity contribution in [3.63, 3.8) is 0 Å². The van der Waals surface area contributed by atoms with Crippen molar-refractivity contribution in [3.8, 4) is 17.1 Å². The van der Waals surface area contributed by atoms with E-state index in [1.807, 2.05) is 32.9 Å². The van der Waals surface area contributed by atoms with E-state index >= 15 is 0 Å². The Morgan fingerprint density at radius 3 is 2.61 bits per heavy atom.